The van der Waals surface area contributed by atoms with Gasteiger partial charge in [-0.1, -0.05) is 57.0 Å². The highest BCUT2D eigenvalue weighted by Crippen LogP contribution is 2.50. The number of hydrogen-bond acceptors (Lipinski definition) is 3. The van der Waals surface area contributed by atoms with Gasteiger partial charge in [0, 0.05) is 39.1 Å². The highest BCUT2D eigenvalue weighted by atomic mass is 15.0. The molecule has 0 heterocycles. The van der Waals surface area contributed by atoms with Crippen molar-refractivity contribution in [2.75, 3.05) is 21.1 Å². The lowest BCUT2D eigenvalue weighted by Gasteiger charge is -2.22. The van der Waals surface area contributed by atoms with Crippen LogP contribution in [0.15, 0.2) is 42.2 Å². The number of rotatable bonds is 6. The Kier molecular flexibility index (Phi) is 12.8. The smallest absolute Gasteiger partial charge is 0.0234 e. The van der Waals surface area contributed by atoms with Gasteiger partial charge in [0.2, 0.25) is 0 Å². The van der Waals surface area contributed by atoms with Crippen LogP contribution in [0.1, 0.15) is 83.6 Å². The van der Waals surface area contributed by atoms with Crippen molar-refractivity contribution in [1.82, 2.24) is 10.2 Å². The average molecular weight is 402 g/mol. The number of nitrogens with zero attached hydrogens (tertiary/aromatic N) is 1. The van der Waals surface area contributed by atoms with Crippen molar-refractivity contribution in [3.05, 3.63) is 47.8 Å². The van der Waals surface area contributed by atoms with Gasteiger partial charge in [0.15, 0.2) is 0 Å². The van der Waals surface area contributed by atoms with Crippen LogP contribution < -0.4 is 11.1 Å². The maximum Gasteiger partial charge on any atom is 0.0234 e. The molecule has 0 aliphatic heterocycles. The van der Waals surface area contributed by atoms with E-state index in [0.717, 1.165) is 17.8 Å². The fourth-order valence-corrected chi connectivity index (χ4v) is 3.88. The minimum atomic E-state index is 0.520. The van der Waals surface area contributed by atoms with Crippen molar-refractivity contribution in [2.24, 2.45) is 17.6 Å². The number of benzene rings is 1. The highest BCUT2D eigenvalue weighted by Gasteiger charge is 2.36. The van der Waals surface area contributed by atoms with E-state index in [1.54, 1.807) is 5.56 Å². The van der Waals surface area contributed by atoms with Gasteiger partial charge < -0.3 is 16.0 Å². The molecule has 1 unspecified atom stereocenters. The molecular formula is C26H47N3. The molecule has 2 aliphatic carbocycles. The molecule has 29 heavy (non-hydrogen) atoms. The normalized spacial score (nSPS) is 25.7. The van der Waals surface area contributed by atoms with Crippen LogP contribution in [-0.4, -0.2) is 32.1 Å². The lowest BCUT2D eigenvalue weighted by molar-refractivity contribution is 0.348. The van der Waals surface area contributed by atoms with E-state index in [-0.39, 0.29) is 0 Å². The van der Waals surface area contributed by atoms with Gasteiger partial charge in [-0.05, 0) is 68.8 Å². The molecule has 166 valence electrons. The Hall–Kier alpha value is -1.48. The van der Waals surface area contributed by atoms with Crippen molar-refractivity contribution < 1.29 is 0 Å². The highest BCUT2D eigenvalue weighted by molar-refractivity contribution is 5.25. The second kappa shape index (κ2) is 14.5. The van der Waals surface area contributed by atoms with E-state index in [9.17, 15) is 0 Å². The van der Waals surface area contributed by atoms with E-state index in [2.05, 4.69) is 49.5 Å². The third kappa shape index (κ3) is 12.0. The van der Waals surface area contributed by atoms with Crippen LogP contribution in [0.3, 0.4) is 0 Å². The van der Waals surface area contributed by atoms with Crippen LogP contribution in [0.25, 0.3) is 0 Å². The SMILES string of the molecule is CC1CCC(N)CC1.CCCC[C@H]1CC1c1ccccc1.CN/C(C)=C\N(C)C. The van der Waals surface area contributed by atoms with Gasteiger partial charge >= 0.3 is 0 Å². The first-order valence-corrected chi connectivity index (χ1v) is 11.7. The molecule has 3 N–H and O–H groups in total. The van der Waals surface area contributed by atoms with Crippen molar-refractivity contribution in [1.29, 1.82) is 0 Å². The van der Waals surface area contributed by atoms with Crippen molar-refractivity contribution in [2.45, 2.75) is 84.1 Å². The Morgan fingerprint density at radius 3 is 2.21 bits per heavy atom. The van der Waals surface area contributed by atoms with Gasteiger partial charge in [0.1, 0.15) is 0 Å². The topological polar surface area (TPSA) is 41.3 Å². The molecule has 1 aromatic rings. The molecule has 3 nitrogen and oxygen atoms in total. The summed E-state index contributed by atoms with van der Waals surface area (Å²) in [7, 11) is 5.91. The zero-order chi connectivity index (χ0) is 21.6. The summed E-state index contributed by atoms with van der Waals surface area (Å²) in [5.41, 5.74) is 8.43. The summed E-state index contributed by atoms with van der Waals surface area (Å²) in [6.45, 7) is 6.62. The molecule has 0 spiro atoms. The predicted octanol–water partition coefficient (Wildman–Crippen LogP) is 6.13. The Labute approximate surface area is 181 Å². The summed E-state index contributed by atoms with van der Waals surface area (Å²) in [6, 6.07) is 11.5. The minimum absolute atomic E-state index is 0.520. The summed E-state index contributed by atoms with van der Waals surface area (Å²) in [4.78, 5) is 2.01. The Balaban J connectivity index is 0.000000230. The van der Waals surface area contributed by atoms with Crippen LogP contribution >= 0.6 is 0 Å². The standard InChI is InChI=1S/C13H18.C7H15N.C6H14N2/c1-2-3-7-12-10-13(12)11-8-5-4-6-9-11;1-6-2-4-7(8)5-3-6;1-6(7-2)5-8(3)4/h4-6,8-9,12-13H,2-3,7,10H2,1H3;6-7H,2-5,8H2,1H3;5,7H,1-4H3/b;;6-5-/t12-,13?;;/m0../s1. The molecule has 0 saturated heterocycles. The second-order valence-corrected chi connectivity index (χ2v) is 9.20. The van der Waals surface area contributed by atoms with Crippen molar-refractivity contribution in [3.63, 3.8) is 0 Å². The Morgan fingerprint density at radius 2 is 1.76 bits per heavy atom. The molecule has 0 amide bonds. The van der Waals surface area contributed by atoms with Crippen molar-refractivity contribution in [3.8, 4) is 0 Å². The summed E-state index contributed by atoms with van der Waals surface area (Å²) in [6.07, 6.45) is 12.9. The van der Waals surface area contributed by atoms with Gasteiger partial charge in [0.05, 0.1) is 0 Å². The fraction of sp³-hybridized carbons (Fsp3) is 0.692. The molecule has 2 atom stereocenters. The van der Waals surface area contributed by atoms with Gasteiger partial charge in [-0.3, -0.25) is 0 Å². The second-order valence-electron chi connectivity index (χ2n) is 9.20. The average Bonchev–Trinajstić information content (AvgIpc) is 3.49. The first-order chi connectivity index (χ1) is 13.9. The van der Waals surface area contributed by atoms with Crippen LogP contribution in [0.5, 0.6) is 0 Å². The largest absolute Gasteiger partial charge is 0.390 e. The summed E-state index contributed by atoms with van der Waals surface area (Å²) >= 11 is 0. The van der Waals surface area contributed by atoms with Crippen molar-refractivity contribution >= 4 is 0 Å². The maximum atomic E-state index is 5.70. The summed E-state index contributed by atoms with van der Waals surface area (Å²) in [5, 5.41) is 3.02. The molecular weight excluding hydrogens is 354 g/mol. The van der Waals surface area contributed by atoms with Crippen LogP contribution in [-0.2, 0) is 0 Å². The lowest BCUT2D eigenvalue weighted by atomic mass is 9.88. The van der Waals surface area contributed by atoms with Crippen LogP contribution in [0, 0.1) is 11.8 Å². The Bertz CT molecular complexity index is 534. The summed E-state index contributed by atoms with van der Waals surface area (Å²) < 4.78 is 0. The third-order valence-corrected chi connectivity index (χ3v) is 5.99. The zero-order valence-electron chi connectivity index (χ0n) is 20.0. The molecule has 2 aliphatic rings. The molecule has 2 fully saturated rings. The maximum absolute atomic E-state index is 5.70. The molecule has 0 radical (unpaired) electrons. The number of nitrogens with one attached hydrogen (secondary N) is 1. The third-order valence-electron chi connectivity index (χ3n) is 5.99. The van der Waals surface area contributed by atoms with E-state index in [1.165, 1.54) is 57.1 Å². The summed E-state index contributed by atoms with van der Waals surface area (Å²) in [5.74, 6) is 2.84. The number of unbranched alkanes of at least 4 members (excludes halogenated alkanes) is 1. The van der Waals surface area contributed by atoms with Gasteiger partial charge in [-0.15, -0.1) is 0 Å². The van der Waals surface area contributed by atoms with E-state index < -0.39 is 0 Å². The van der Waals surface area contributed by atoms with E-state index in [1.807, 2.05) is 39.2 Å². The molecule has 0 bridgehead atoms. The van der Waals surface area contributed by atoms with Crippen LogP contribution in [0.2, 0.25) is 0 Å². The first kappa shape index (κ1) is 25.6. The van der Waals surface area contributed by atoms with Crippen LogP contribution in [0.4, 0.5) is 0 Å². The van der Waals surface area contributed by atoms with E-state index >= 15 is 0 Å². The van der Waals surface area contributed by atoms with E-state index in [4.69, 9.17) is 5.73 Å². The number of nitrogens with two attached hydrogens (primary N) is 1. The first-order valence-electron chi connectivity index (χ1n) is 11.7. The van der Waals surface area contributed by atoms with Gasteiger partial charge in [-0.25, -0.2) is 0 Å². The predicted molar refractivity (Wildman–Crippen MR) is 129 cm³/mol. The van der Waals surface area contributed by atoms with E-state index in [0.29, 0.717) is 6.04 Å². The van der Waals surface area contributed by atoms with Gasteiger partial charge in [-0.2, -0.15) is 0 Å². The van der Waals surface area contributed by atoms with Gasteiger partial charge in [0.25, 0.3) is 0 Å². The number of allylic oxidation sites excluding steroid dienone is 1. The molecule has 1 aromatic carbocycles. The molecule has 0 aromatic heterocycles. The monoisotopic (exact) mass is 401 g/mol. The quantitative estimate of drug-likeness (QED) is 0.602. The molecule has 3 rings (SSSR count). The molecule has 2 saturated carbocycles. The molecule has 3 heteroatoms. The number of hydrogen-bond donors (Lipinski definition) is 2. The zero-order valence-corrected chi connectivity index (χ0v) is 20.0. The fourth-order valence-electron chi connectivity index (χ4n) is 3.88. The minimum Gasteiger partial charge on any atom is -0.390 e. The Morgan fingerprint density at radius 1 is 1.14 bits per heavy atom. The lowest BCUT2D eigenvalue weighted by Crippen LogP contribution is -2.25.